The fraction of sp³-hybridized carbons (Fsp3) is 0.538. The third-order valence-corrected chi connectivity index (χ3v) is 3.13. The van der Waals surface area contributed by atoms with Crippen LogP contribution >= 0.6 is 0 Å². The summed E-state index contributed by atoms with van der Waals surface area (Å²) in [4.78, 5) is 2.31. The van der Waals surface area contributed by atoms with Crippen LogP contribution in [0.1, 0.15) is 25.0 Å². The Labute approximate surface area is 97.0 Å². The van der Waals surface area contributed by atoms with E-state index in [1.54, 1.807) is 0 Å². The van der Waals surface area contributed by atoms with E-state index >= 15 is 0 Å². The Kier molecular flexibility index (Phi) is 3.06. The fourth-order valence-electron chi connectivity index (χ4n) is 1.71. The lowest BCUT2D eigenvalue weighted by Crippen LogP contribution is -2.25. The minimum atomic E-state index is 0.345. The van der Waals surface area contributed by atoms with E-state index in [0.717, 1.165) is 18.0 Å². The third-order valence-electron chi connectivity index (χ3n) is 3.13. The summed E-state index contributed by atoms with van der Waals surface area (Å²) >= 11 is 0. The number of ether oxygens (including phenoxy) is 2. The van der Waals surface area contributed by atoms with Crippen LogP contribution in [0, 0.1) is 6.92 Å². The summed E-state index contributed by atoms with van der Waals surface area (Å²) in [5.74, 6) is 1.74. The Balaban J connectivity index is 2.21. The maximum absolute atomic E-state index is 5.40. The number of hydrogen-bond acceptors (Lipinski definition) is 3. The Bertz CT molecular complexity index is 388. The van der Waals surface area contributed by atoms with Crippen LogP contribution in [-0.4, -0.2) is 24.8 Å². The van der Waals surface area contributed by atoms with Gasteiger partial charge >= 0.3 is 0 Å². The Morgan fingerprint density at radius 2 is 1.88 bits per heavy atom. The molecule has 0 amide bonds. The molecule has 0 radical (unpaired) electrons. The summed E-state index contributed by atoms with van der Waals surface area (Å²) in [5.41, 5.74) is 2.57. The van der Waals surface area contributed by atoms with Crippen molar-refractivity contribution in [2.45, 2.75) is 33.4 Å². The summed E-state index contributed by atoms with van der Waals surface area (Å²) in [6.45, 7) is 7.80. The van der Waals surface area contributed by atoms with Crippen LogP contribution in [0.15, 0.2) is 12.1 Å². The molecule has 3 heteroatoms. The molecule has 1 aliphatic heterocycles. The second kappa shape index (κ2) is 4.34. The minimum Gasteiger partial charge on any atom is -0.454 e. The number of nitrogens with zero attached hydrogens (tertiary/aromatic N) is 1. The average Bonchev–Trinajstić information content (AvgIpc) is 2.65. The lowest BCUT2D eigenvalue weighted by molar-refractivity contribution is 0.174. The van der Waals surface area contributed by atoms with Crippen LogP contribution in [-0.2, 0) is 6.54 Å². The van der Waals surface area contributed by atoms with Crippen molar-refractivity contribution < 1.29 is 9.47 Å². The molecule has 0 atom stereocenters. The molecule has 0 spiro atoms. The van der Waals surface area contributed by atoms with Crippen molar-refractivity contribution >= 4 is 0 Å². The van der Waals surface area contributed by atoms with Gasteiger partial charge in [0.2, 0.25) is 6.79 Å². The molecule has 0 unspecified atom stereocenters. The van der Waals surface area contributed by atoms with E-state index in [2.05, 4.69) is 44.9 Å². The predicted molar refractivity (Wildman–Crippen MR) is 63.9 cm³/mol. The van der Waals surface area contributed by atoms with Crippen LogP contribution in [0.4, 0.5) is 0 Å². The van der Waals surface area contributed by atoms with Gasteiger partial charge in [0.15, 0.2) is 11.5 Å². The molecule has 0 aliphatic carbocycles. The van der Waals surface area contributed by atoms with Gasteiger partial charge in [-0.1, -0.05) is 0 Å². The Morgan fingerprint density at radius 3 is 2.50 bits per heavy atom. The van der Waals surface area contributed by atoms with Crippen LogP contribution in [0.25, 0.3) is 0 Å². The van der Waals surface area contributed by atoms with Gasteiger partial charge in [0, 0.05) is 12.6 Å². The number of benzene rings is 1. The first-order valence-electron chi connectivity index (χ1n) is 5.67. The molecule has 0 bridgehead atoms. The highest BCUT2D eigenvalue weighted by atomic mass is 16.7. The topological polar surface area (TPSA) is 21.7 Å². The largest absolute Gasteiger partial charge is 0.454 e. The van der Waals surface area contributed by atoms with Gasteiger partial charge in [-0.05, 0) is 51.1 Å². The summed E-state index contributed by atoms with van der Waals surface area (Å²) in [5, 5.41) is 0. The molecule has 3 nitrogen and oxygen atoms in total. The molecule has 1 aliphatic rings. The lowest BCUT2D eigenvalue weighted by atomic mass is 10.1. The van der Waals surface area contributed by atoms with Crippen molar-refractivity contribution in [2.75, 3.05) is 13.8 Å². The maximum Gasteiger partial charge on any atom is 0.231 e. The van der Waals surface area contributed by atoms with E-state index in [9.17, 15) is 0 Å². The molecular formula is C13H19NO2. The fourth-order valence-corrected chi connectivity index (χ4v) is 1.71. The summed E-state index contributed by atoms with van der Waals surface area (Å²) in [6, 6.07) is 4.70. The first-order valence-corrected chi connectivity index (χ1v) is 5.67. The Hall–Kier alpha value is -1.22. The smallest absolute Gasteiger partial charge is 0.231 e. The standard InChI is InChI=1S/C13H19NO2/c1-9(2)14(4)7-11-6-13-12(5-10(11)3)15-8-16-13/h5-6,9H,7-8H2,1-4H3. The van der Waals surface area contributed by atoms with Gasteiger partial charge in [-0.25, -0.2) is 0 Å². The van der Waals surface area contributed by atoms with Crippen molar-refractivity contribution in [3.8, 4) is 11.5 Å². The summed E-state index contributed by atoms with van der Waals surface area (Å²) in [6.07, 6.45) is 0. The second-order valence-electron chi connectivity index (χ2n) is 4.64. The van der Waals surface area contributed by atoms with Crippen LogP contribution < -0.4 is 9.47 Å². The molecule has 1 aromatic carbocycles. The summed E-state index contributed by atoms with van der Waals surface area (Å²) < 4.78 is 10.7. The molecular weight excluding hydrogens is 202 g/mol. The normalized spacial score (nSPS) is 13.9. The molecule has 2 rings (SSSR count). The van der Waals surface area contributed by atoms with E-state index < -0.39 is 0 Å². The molecule has 1 heterocycles. The molecule has 0 saturated heterocycles. The van der Waals surface area contributed by atoms with Crippen LogP contribution in [0.5, 0.6) is 11.5 Å². The van der Waals surface area contributed by atoms with Crippen molar-refractivity contribution in [1.29, 1.82) is 0 Å². The zero-order chi connectivity index (χ0) is 11.7. The SMILES string of the molecule is Cc1cc2c(cc1CN(C)C(C)C)OCO2. The first-order chi connectivity index (χ1) is 7.58. The second-order valence-corrected chi connectivity index (χ2v) is 4.64. The molecule has 0 N–H and O–H groups in total. The van der Waals surface area contributed by atoms with Crippen molar-refractivity contribution in [3.05, 3.63) is 23.3 Å². The minimum absolute atomic E-state index is 0.345. The molecule has 1 aromatic rings. The van der Waals surface area contributed by atoms with Crippen LogP contribution in [0.3, 0.4) is 0 Å². The van der Waals surface area contributed by atoms with E-state index in [1.165, 1.54) is 11.1 Å². The first kappa shape index (κ1) is 11.3. The highest BCUT2D eigenvalue weighted by Crippen LogP contribution is 2.34. The van der Waals surface area contributed by atoms with Gasteiger partial charge in [-0.2, -0.15) is 0 Å². The molecule has 88 valence electrons. The van der Waals surface area contributed by atoms with Gasteiger partial charge in [0.25, 0.3) is 0 Å². The van der Waals surface area contributed by atoms with Crippen molar-refractivity contribution in [3.63, 3.8) is 0 Å². The van der Waals surface area contributed by atoms with E-state index in [1.807, 2.05) is 0 Å². The van der Waals surface area contributed by atoms with Gasteiger partial charge in [0.05, 0.1) is 0 Å². The zero-order valence-corrected chi connectivity index (χ0v) is 10.4. The van der Waals surface area contributed by atoms with Crippen LogP contribution in [0.2, 0.25) is 0 Å². The van der Waals surface area contributed by atoms with Crippen molar-refractivity contribution in [1.82, 2.24) is 4.90 Å². The van der Waals surface area contributed by atoms with Gasteiger partial charge in [0.1, 0.15) is 0 Å². The van der Waals surface area contributed by atoms with Crippen molar-refractivity contribution in [2.24, 2.45) is 0 Å². The average molecular weight is 221 g/mol. The van der Waals surface area contributed by atoms with E-state index in [-0.39, 0.29) is 0 Å². The highest BCUT2D eigenvalue weighted by molar-refractivity contribution is 5.48. The molecule has 0 fully saturated rings. The molecule has 0 saturated carbocycles. The zero-order valence-electron chi connectivity index (χ0n) is 10.4. The highest BCUT2D eigenvalue weighted by Gasteiger charge is 2.16. The van der Waals surface area contributed by atoms with E-state index in [4.69, 9.17) is 9.47 Å². The predicted octanol–water partition coefficient (Wildman–Crippen LogP) is 2.56. The van der Waals surface area contributed by atoms with Gasteiger partial charge in [-0.3, -0.25) is 4.90 Å². The number of aryl methyl sites for hydroxylation is 1. The molecule has 0 aromatic heterocycles. The number of fused-ring (bicyclic) bond motifs is 1. The number of rotatable bonds is 3. The number of hydrogen-bond donors (Lipinski definition) is 0. The Morgan fingerprint density at radius 1 is 1.25 bits per heavy atom. The monoisotopic (exact) mass is 221 g/mol. The third kappa shape index (κ3) is 2.14. The lowest BCUT2D eigenvalue weighted by Gasteiger charge is -2.22. The van der Waals surface area contributed by atoms with Gasteiger partial charge < -0.3 is 9.47 Å². The molecule has 16 heavy (non-hydrogen) atoms. The quantitative estimate of drug-likeness (QED) is 0.783. The van der Waals surface area contributed by atoms with Gasteiger partial charge in [-0.15, -0.1) is 0 Å². The maximum atomic E-state index is 5.40. The summed E-state index contributed by atoms with van der Waals surface area (Å²) in [7, 11) is 2.13. The van der Waals surface area contributed by atoms with E-state index in [0.29, 0.717) is 12.8 Å².